The third-order valence-electron chi connectivity index (χ3n) is 4.52. The van der Waals surface area contributed by atoms with Crippen LogP contribution in [0.5, 0.6) is 17.2 Å². The molecule has 2 aromatic carbocycles. The molecule has 5 nitrogen and oxygen atoms in total. The van der Waals surface area contributed by atoms with Gasteiger partial charge in [0.2, 0.25) is 6.79 Å². The molecule has 1 N–H and O–H groups in total. The monoisotopic (exact) mass is 390 g/mol. The van der Waals surface area contributed by atoms with E-state index in [1.807, 2.05) is 18.2 Å². The average Bonchev–Trinajstić information content (AvgIpc) is 3.04. The van der Waals surface area contributed by atoms with Crippen molar-refractivity contribution in [2.45, 2.75) is 6.54 Å². The Morgan fingerprint density at radius 1 is 0.958 bits per heavy atom. The molecule has 2 aliphatic rings. The molecule has 2 aliphatic heterocycles. The average molecular weight is 391 g/mol. The Bertz CT molecular complexity index is 728. The summed E-state index contributed by atoms with van der Waals surface area (Å²) in [4.78, 5) is 4.80. The highest BCUT2D eigenvalue weighted by atomic mass is 79.9. The van der Waals surface area contributed by atoms with Crippen LogP contribution in [0.15, 0.2) is 40.9 Å². The van der Waals surface area contributed by atoms with Crippen LogP contribution in [-0.2, 0) is 6.54 Å². The summed E-state index contributed by atoms with van der Waals surface area (Å²) in [7, 11) is 0. The number of anilines is 1. The van der Waals surface area contributed by atoms with E-state index in [0.29, 0.717) is 12.5 Å². The molecule has 4 rings (SSSR count). The Labute approximate surface area is 149 Å². The molecule has 0 atom stereocenters. The maximum Gasteiger partial charge on any atom is 0.231 e. The lowest BCUT2D eigenvalue weighted by Gasteiger charge is -2.36. The fraction of sp³-hybridized carbons (Fsp3) is 0.333. The van der Waals surface area contributed by atoms with E-state index >= 15 is 0 Å². The molecule has 6 heteroatoms. The number of fused-ring (bicyclic) bond motifs is 1. The Balaban J connectivity index is 1.39. The molecule has 0 unspecified atom stereocenters. The van der Waals surface area contributed by atoms with Crippen LogP contribution in [0.1, 0.15) is 5.56 Å². The van der Waals surface area contributed by atoms with Crippen molar-refractivity contribution in [2.75, 3.05) is 37.9 Å². The fourth-order valence-corrected chi connectivity index (χ4v) is 3.60. The Kier molecular flexibility index (Phi) is 4.24. The molecule has 2 heterocycles. The van der Waals surface area contributed by atoms with Crippen molar-refractivity contribution in [1.29, 1.82) is 0 Å². The number of phenolic OH excluding ortho intramolecular Hbond substituents is 1. The van der Waals surface area contributed by atoms with E-state index in [2.05, 4.69) is 31.8 Å². The maximum atomic E-state index is 9.40. The molecule has 0 spiro atoms. The van der Waals surface area contributed by atoms with Gasteiger partial charge < -0.3 is 19.5 Å². The van der Waals surface area contributed by atoms with Gasteiger partial charge in [-0.1, -0.05) is 15.9 Å². The first-order chi connectivity index (χ1) is 11.7. The van der Waals surface area contributed by atoms with Crippen molar-refractivity contribution < 1.29 is 14.6 Å². The standard InChI is InChI=1S/C18H19BrN2O3/c19-16-10-18-17(23-12-24-18)9-13(16)11-20-5-7-21(8-6-20)14-1-3-15(22)4-2-14/h1-4,9-10,22H,5-8,11-12H2. The SMILES string of the molecule is Oc1ccc(N2CCN(Cc3cc4c(cc3Br)OCO4)CC2)cc1. The summed E-state index contributed by atoms with van der Waals surface area (Å²) in [6.45, 7) is 5.15. The summed E-state index contributed by atoms with van der Waals surface area (Å²) in [5.74, 6) is 1.95. The molecule has 2 aromatic rings. The predicted octanol–water partition coefficient (Wildman–Crippen LogP) is 3.21. The number of nitrogens with zero attached hydrogens (tertiary/aromatic N) is 2. The molecular weight excluding hydrogens is 372 g/mol. The molecule has 24 heavy (non-hydrogen) atoms. The van der Waals surface area contributed by atoms with Crippen molar-refractivity contribution in [1.82, 2.24) is 4.90 Å². The van der Waals surface area contributed by atoms with Gasteiger partial charge in [-0.25, -0.2) is 0 Å². The highest BCUT2D eigenvalue weighted by Gasteiger charge is 2.21. The Morgan fingerprint density at radius 2 is 1.62 bits per heavy atom. The lowest BCUT2D eigenvalue weighted by molar-refractivity contribution is 0.174. The zero-order valence-electron chi connectivity index (χ0n) is 13.2. The van der Waals surface area contributed by atoms with Gasteiger partial charge in [0.05, 0.1) is 0 Å². The molecular formula is C18H19BrN2O3. The van der Waals surface area contributed by atoms with Crippen molar-refractivity contribution in [3.05, 3.63) is 46.4 Å². The molecule has 0 radical (unpaired) electrons. The minimum absolute atomic E-state index is 0.302. The highest BCUT2D eigenvalue weighted by Crippen LogP contribution is 2.37. The number of rotatable bonds is 3. The third kappa shape index (κ3) is 3.16. The molecule has 1 fully saturated rings. The van der Waals surface area contributed by atoms with Crippen molar-refractivity contribution in [3.8, 4) is 17.2 Å². The van der Waals surface area contributed by atoms with Crippen LogP contribution in [0.25, 0.3) is 0 Å². The van der Waals surface area contributed by atoms with Gasteiger partial charge in [0.1, 0.15) is 5.75 Å². The van der Waals surface area contributed by atoms with Crippen LogP contribution < -0.4 is 14.4 Å². The van der Waals surface area contributed by atoms with Gasteiger partial charge in [-0.3, -0.25) is 4.90 Å². The molecule has 0 aliphatic carbocycles. The van der Waals surface area contributed by atoms with Crippen molar-refractivity contribution >= 4 is 21.6 Å². The second kappa shape index (κ2) is 6.53. The third-order valence-corrected chi connectivity index (χ3v) is 5.26. The number of benzene rings is 2. The van der Waals surface area contributed by atoms with Crippen LogP contribution in [0.4, 0.5) is 5.69 Å². The Morgan fingerprint density at radius 3 is 2.33 bits per heavy atom. The van der Waals surface area contributed by atoms with Gasteiger partial charge in [-0.2, -0.15) is 0 Å². The molecule has 126 valence electrons. The summed E-state index contributed by atoms with van der Waals surface area (Å²) >= 11 is 3.64. The van der Waals surface area contributed by atoms with E-state index in [1.54, 1.807) is 12.1 Å². The van der Waals surface area contributed by atoms with E-state index in [4.69, 9.17) is 9.47 Å². The van der Waals surface area contributed by atoms with Gasteiger partial charge >= 0.3 is 0 Å². The van der Waals surface area contributed by atoms with Crippen LogP contribution in [0.2, 0.25) is 0 Å². The van der Waals surface area contributed by atoms with E-state index in [-0.39, 0.29) is 0 Å². The van der Waals surface area contributed by atoms with E-state index < -0.39 is 0 Å². The van der Waals surface area contributed by atoms with E-state index in [0.717, 1.165) is 54.4 Å². The predicted molar refractivity (Wildman–Crippen MR) is 95.9 cm³/mol. The zero-order chi connectivity index (χ0) is 16.5. The maximum absolute atomic E-state index is 9.40. The second-order valence-electron chi connectivity index (χ2n) is 6.08. The first-order valence-electron chi connectivity index (χ1n) is 8.03. The number of phenols is 1. The minimum atomic E-state index is 0.302. The highest BCUT2D eigenvalue weighted by molar-refractivity contribution is 9.10. The summed E-state index contributed by atoms with van der Waals surface area (Å²) < 4.78 is 11.9. The van der Waals surface area contributed by atoms with Crippen LogP contribution >= 0.6 is 15.9 Å². The molecule has 0 aromatic heterocycles. The fourth-order valence-electron chi connectivity index (χ4n) is 3.15. The summed E-state index contributed by atoms with van der Waals surface area (Å²) in [6.07, 6.45) is 0. The van der Waals surface area contributed by atoms with Crippen LogP contribution in [0, 0.1) is 0 Å². The largest absolute Gasteiger partial charge is 0.508 e. The molecule has 0 saturated carbocycles. The zero-order valence-corrected chi connectivity index (χ0v) is 14.8. The number of halogens is 1. The number of aromatic hydroxyl groups is 1. The quantitative estimate of drug-likeness (QED) is 0.871. The van der Waals surface area contributed by atoms with Gasteiger partial charge in [-0.15, -0.1) is 0 Å². The van der Waals surface area contributed by atoms with Crippen LogP contribution in [0.3, 0.4) is 0 Å². The normalized spacial score (nSPS) is 17.3. The van der Waals surface area contributed by atoms with Crippen molar-refractivity contribution in [3.63, 3.8) is 0 Å². The van der Waals surface area contributed by atoms with Gasteiger partial charge in [0, 0.05) is 42.9 Å². The first kappa shape index (κ1) is 15.6. The summed E-state index contributed by atoms with van der Waals surface area (Å²) in [6, 6.07) is 11.5. The molecule has 1 saturated heterocycles. The van der Waals surface area contributed by atoms with Gasteiger partial charge in [-0.05, 0) is 42.0 Å². The lowest BCUT2D eigenvalue weighted by Crippen LogP contribution is -2.46. The van der Waals surface area contributed by atoms with E-state index in [1.165, 1.54) is 5.56 Å². The smallest absolute Gasteiger partial charge is 0.231 e. The molecule has 0 amide bonds. The lowest BCUT2D eigenvalue weighted by atomic mass is 10.1. The summed E-state index contributed by atoms with van der Waals surface area (Å²) in [5, 5.41) is 9.40. The molecule has 0 bridgehead atoms. The number of hydrogen-bond donors (Lipinski definition) is 1. The number of piperazine rings is 1. The first-order valence-corrected chi connectivity index (χ1v) is 8.83. The number of hydrogen-bond acceptors (Lipinski definition) is 5. The minimum Gasteiger partial charge on any atom is -0.508 e. The topological polar surface area (TPSA) is 45.2 Å². The van der Waals surface area contributed by atoms with Crippen LogP contribution in [-0.4, -0.2) is 43.0 Å². The van der Waals surface area contributed by atoms with E-state index in [9.17, 15) is 5.11 Å². The van der Waals surface area contributed by atoms with Crippen molar-refractivity contribution in [2.24, 2.45) is 0 Å². The number of ether oxygens (including phenoxy) is 2. The van der Waals surface area contributed by atoms with Gasteiger partial charge in [0.25, 0.3) is 0 Å². The summed E-state index contributed by atoms with van der Waals surface area (Å²) in [5.41, 5.74) is 2.38. The second-order valence-corrected chi connectivity index (χ2v) is 6.93. The van der Waals surface area contributed by atoms with Gasteiger partial charge in [0.15, 0.2) is 11.5 Å². The Hall–Kier alpha value is -1.92.